The quantitative estimate of drug-likeness (QED) is 0.633. The molecule has 2 atom stereocenters. The van der Waals surface area contributed by atoms with Gasteiger partial charge in [-0.2, -0.15) is 13.2 Å². The van der Waals surface area contributed by atoms with Crippen LogP contribution in [0.4, 0.5) is 13.2 Å². The Kier molecular flexibility index (Phi) is 3.28. The highest BCUT2D eigenvalue weighted by molar-refractivity contribution is 5.89. The second-order valence-corrected chi connectivity index (χ2v) is 4.15. The summed E-state index contributed by atoms with van der Waals surface area (Å²) < 4.78 is 44.6. The number of oxime groups is 1. The largest absolute Gasteiger partial charge is 0.465 e. The molecule has 0 bridgehead atoms. The molecule has 9 heteroatoms. The average molecular weight is 290 g/mol. The van der Waals surface area contributed by atoms with Gasteiger partial charge >= 0.3 is 17.8 Å². The first-order valence-electron chi connectivity index (χ1n) is 5.43. The third kappa shape index (κ3) is 2.15. The Labute approximate surface area is 110 Å². The van der Waals surface area contributed by atoms with Crippen LogP contribution < -0.4 is 0 Å². The fourth-order valence-corrected chi connectivity index (χ4v) is 1.88. The lowest BCUT2D eigenvalue weighted by Gasteiger charge is -2.26. The first kappa shape index (κ1) is 14.1. The average Bonchev–Trinajstić information content (AvgIpc) is 2.92. The van der Waals surface area contributed by atoms with Crippen LogP contribution in [0.25, 0.3) is 6.08 Å². The lowest BCUT2D eigenvalue weighted by Crippen LogP contribution is -2.56. The van der Waals surface area contributed by atoms with Crippen LogP contribution in [-0.2, 0) is 4.84 Å². The molecule has 6 nitrogen and oxygen atoms in total. The van der Waals surface area contributed by atoms with Gasteiger partial charge in [-0.1, -0.05) is 5.16 Å². The minimum Gasteiger partial charge on any atom is -0.465 e. The summed E-state index contributed by atoms with van der Waals surface area (Å²) in [7, 11) is 0. The Balaban J connectivity index is 2.45. The van der Waals surface area contributed by atoms with Gasteiger partial charge in [0, 0.05) is 4.92 Å². The molecule has 2 heterocycles. The Hall–Kier alpha value is -2.32. The fraction of sp³-hybridized carbons (Fsp3) is 0.364. The van der Waals surface area contributed by atoms with Gasteiger partial charge in [0.15, 0.2) is 0 Å². The van der Waals surface area contributed by atoms with Crippen LogP contribution in [0.3, 0.4) is 0 Å². The molecule has 0 saturated carbocycles. The van der Waals surface area contributed by atoms with Gasteiger partial charge < -0.3 is 9.25 Å². The standard InChI is InChI=1S/C11H9F3N2O4/c1-7-9(16(17)18)10(20-15-7,11(12,13)14)5-4-8-3-2-6-19-8/h2-6,9H,1H3/b5-4+/t9-,10-/m0/s1. The van der Waals surface area contributed by atoms with E-state index in [1.807, 2.05) is 0 Å². The van der Waals surface area contributed by atoms with Crippen molar-refractivity contribution in [3.63, 3.8) is 0 Å². The van der Waals surface area contributed by atoms with E-state index < -0.39 is 22.7 Å². The maximum atomic E-state index is 13.2. The van der Waals surface area contributed by atoms with Crippen molar-refractivity contribution in [2.45, 2.75) is 24.7 Å². The number of rotatable bonds is 3. The lowest BCUT2D eigenvalue weighted by atomic mass is 9.90. The second-order valence-electron chi connectivity index (χ2n) is 4.15. The Morgan fingerprint density at radius 3 is 2.75 bits per heavy atom. The van der Waals surface area contributed by atoms with Gasteiger partial charge in [-0.25, -0.2) is 0 Å². The topological polar surface area (TPSA) is 77.9 Å². The number of alkyl halides is 3. The smallest absolute Gasteiger partial charge is 0.442 e. The van der Waals surface area contributed by atoms with Crippen molar-refractivity contribution in [1.82, 2.24) is 0 Å². The molecule has 1 aromatic heterocycles. The highest BCUT2D eigenvalue weighted by Gasteiger charge is 2.70. The number of halogens is 3. The van der Waals surface area contributed by atoms with E-state index in [0.717, 1.165) is 13.0 Å². The molecule has 0 amide bonds. The summed E-state index contributed by atoms with van der Waals surface area (Å²) in [6.07, 6.45) is -2.21. The van der Waals surface area contributed by atoms with Crippen LogP contribution in [0.2, 0.25) is 0 Å². The Bertz CT molecular complexity index is 565. The van der Waals surface area contributed by atoms with E-state index in [1.165, 1.54) is 18.4 Å². The third-order valence-electron chi connectivity index (χ3n) is 2.83. The van der Waals surface area contributed by atoms with E-state index in [9.17, 15) is 23.3 Å². The van der Waals surface area contributed by atoms with Crippen molar-refractivity contribution in [3.05, 3.63) is 40.3 Å². The summed E-state index contributed by atoms with van der Waals surface area (Å²) in [6, 6.07) is 0.751. The molecule has 1 aliphatic rings. The molecule has 0 aromatic carbocycles. The van der Waals surface area contributed by atoms with E-state index in [2.05, 4.69) is 9.99 Å². The van der Waals surface area contributed by atoms with Crippen LogP contribution in [0.15, 0.2) is 34.0 Å². The molecule has 0 saturated heterocycles. The predicted molar refractivity (Wildman–Crippen MR) is 61.5 cm³/mol. The van der Waals surface area contributed by atoms with E-state index in [1.54, 1.807) is 0 Å². The van der Waals surface area contributed by atoms with Crippen molar-refractivity contribution in [2.75, 3.05) is 0 Å². The lowest BCUT2D eigenvalue weighted by molar-refractivity contribution is -0.531. The summed E-state index contributed by atoms with van der Waals surface area (Å²) in [5, 5.41) is 14.1. The number of nitro groups is 1. The highest BCUT2D eigenvalue weighted by Crippen LogP contribution is 2.43. The van der Waals surface area contributed by atoms with E-state index >= 15 is 0 Å². The summed E-state index contributed by atoms with van der Waals surface area (Å²) in [4.78, 5) is 14.2. The van der Waals surface area contributed by atoms with Crippen LogP contribution in [0.1, 0.15) is 12.7 Å². The zero-order chi connectivity index (χ0) is 15.0. The van der Waals surface area contributed by atoms with E-state index in [4.69, 9.17) is 4.42 Å². The molecule has 108 valence electrons. The number of hydrogen-bond acceptors (Lipinski definition) is 5. The van der Waals surface area contributed by atoms with Gasteiger partial charge in [-0.3, -0.25) is 10.1 Å². The highest BCUT2D eigenvalue weighted by atomic mass is 19.4. The first-order chi connectivity index (χ1) is 9.28. The van der Waals surface area contributed by atoms with Crippen LogP contribution in [0, 0.1) is 10.1 Å². The maximum Gasteiger partial charge on any atom is 0.442 e. The minimum absolute atomic E-state index is 0.115. The zero-order valence-electron chi connectivity index (χ0n) is 10.1. The summed E-state index contributed by atoms with van der Waals surface area (Å²) >= 11 is 0. The van der Waals surface area contributed by atoms with Crippen LogP contribution >= 0.6 is 0 Å². The Morgan fingerprint density at radius 1 is 1.55 bits per heavy atom. The number of nitrogens with zero attached hydrogens (tertiary/aromatic N) is 2. The normalized spacial score (nSPS) is 26.6. The third-order valence-corrected chi connectivity index (χ3v) is 2.83. The van der Waals surface area contributed by atoms with E-state index in [0.29, 0.717) is 6.08 Å². The molecule has 20 heavy (non-hydrogen) atoms. The number of hydrogen-bond donors (Lipinski definition) is 0. The van der Waals surface area contributed by atoms with Crippen molar-refractivity contribution in [2.24, 2.45) is 5.16 Å². The summed E-state index contributed by atoms with van der Waals surface area (Å²) in [6.45, 7) is 1.11. The fourth-order valence-electron chi connectivity index (χ4n) is 1.88. The first-order valence-corrected chi connectivity index (χ1v) is 5.43. The van der Waals surface area contributed by atoms with Crippen molar-refractivity contribution in [3.8, 4) is 0 Å². The van der Waals surface area contributed by atoms with Crippen molar-refractivity contribution < 1.29 is 27.3 Å². The molecule has 2 rings (SSSR count). The van der Waals surface area contributed by atoms with Gasteiger partial charge in [0.1, 0.15) is 11.5 Å². The van der Waals surface area contributed by atoms with Crippen LogP contribution in [-0.4, -0.2) is 28.5 Å². The molecular weight excluding hydrogens is 281 g/mol. The van der Waals surface area contributed by atoms with Gasteiger partial charge in [0.05, 0.1) is 6.26 Å². The summed E-state index contributed by atoms with van der Waals surface area (Å²) in [5.41, 5.74) is -3.48. The molecule has 1 aromatic rings. The molecular formula is C11H9F3N2O4. The molecule has 0 aliphatic carbocycles. The maximum absolute atomic E-state index is 13.2. The summed E-state index contributed by atoms with van der Waals surface area (Å²) in [5.74, 6) is 0.115. The number of furan rings is 1. The van der Waals surface area contributed by atoms with Gasteiger partial charge in [0.25, 0.3) is 0 Å². The monoisotopic (exact) mass is 290 g/mol. The molecule has 0 N–H and O–H groups in total. The van der Waals surface area contributed by atoms with Crippen LogP contribution in [0.5, 0.6) is 0 Å². The molecule has 0 radical (unpaired) electrons. The molecule has 0 spiro atoms. The minimum atomic E-state index is -5.00. The van der Waals surface area contributed by atoms with Gasteiger partial charge in [-0.05, 0) is 31.2 Å². The predicted octanol–water partition coefficient (Wildman–Crippen LogP) is 2.65. The van der Waals surface area contributed by atoms with Crippen molar-refractivity contribution in [1.29, 1.82) is 0 Å². The second kappa shape index (κ2) is 4.66. The molecule has 1 aliphatic heterocycles. The van der Waals surface area contributed by atoms with Gasteiger partial charge in [0.2, 0.25) is 0 Å². The molecule has 0 unspecified atom stereocenters. The van der Waals surface area contributed by atoms with Gasteiger partial charge in [-0.15, -0.1) is 0 Å². The molecule has 0 fully saturated rings. The Morgan fingerprint density at radius 2 is 2.25 bits per heavy atom. The van der Waals surface area contributed by atoms with E-state index in [-0.39, 0.29) is 11.5 Å². The SMILES string of the molecule is CC1=NO[C@](/C=C/c2ccco2)(C(F)(F)F)[C@H]1[N+](=O)[O-]. The zero-order valence-corrected chi connectivity index (χ0v) is 10.1. The van der Waals surface area contributed by atoms with Crippen molar-refractivity contribution >= 4 is 11.8 Å².